The number of hydrogen-bond acceptors (Lipinski definition) is 2. The van der Waals surface area contributed by atoms with Gasteiger partial charge in [0.2, 0.25) is 11.7 Å². The molecule has 3 rings (SSSR count). The van der Waals surface area contributed by atoms with Gasteiger partial charge in [0.1, 0.15) is 5.69 Å². The summed E-state index contributed by atoms with van der Waals surface area (Å²) in [7, 11) is 0. The van der Waals surface area contributed by atoms with Crippen LogP contribution in [0.2, 0.25) is 0 Å². The van der Waals surface area contributed by atoms with Gasteiger partial charge in [-0.2, -0.15) is 13.2 Å². The van der Waals surface area contributed by atoms with Gasteiger partial charge in [-0.05, 0) is 12.1 Å². The van der Waals surface area contributed by atoms with Gasteiger partial charge < -0.3 is 4.42 Å². The molecule has 0 spiro atoms. The predicted octanol–water partition coefficient (Wildman–Crippen LogP) is 5.03. The fourth-order valence-electron chi connectivity index (χ4n) is 2.01. The van der Waals surface area contributed by atoms with Crippen molar-refractivity contribution in [2.45, 2.75) is 6.18 Å². The first kappa shape index (κ1) is 13.4. The number of benzene rings is 2. The molecule has 2 aromatic carbocycles. The van der Waals surface area contributed by atoms with Crippen molar-refractivity contribution in [2.75, 3.05) is 0 Å². The molecule has 3 aromatic rings. The summed E-state index contributed by atoms with van der Waals surface area (Å²) < 4.78 is 44.4. The van der Waals surface area contributed by atoms with Crippen LogP contribution >= 0.6 is 0 Å². The Morgan fingerprint density at radius 1 is 0.762 bits per heavy atom. The molecule has 0 amide bonds. The minimum atomic E-state index is -4.59. The Bertz CT molecular complexity index is 733. The molecule has 1 aromatic heterocycles. The van der Waals surface area contributed by atoms with Gasteiger partial charge in [-0.15, -0.1) is 0 Å². The molecule has 0 atom stereocenters. The zero-order chi connectivity index (χ0) is 14.9. The molecule has 5 heteroatoms. The maximum Gasteiger partial charge on any atom is 0.451 e. The lowest BCUT2D eigenvalue weighted by Gasteiger charge is -2.04. The summed E-state index contributed by atoms with van der Waals surface area (Å²) in [6.07, 6.45) is -4.59. The van der Waals surface area contributed by atoms with Crippen LogP contribution in [0.4, 0.5) is 13.2 Å². The Hall–Kier alpha value is -2.56. The normalized spacial score (nSPS) is 11.6. The van der Waals surface area contributed by atoms with Crippen molar-refractivity contribution in [1.29, 1.82) is 0 Å². The van der Waals surface area contributed by atoms with E-state index in [9.17, 15) is 13.2 Å². The molecule has 0 radical (unpaired) electrons. The molecule has 0 aliphatic rings. The van der Waals surface area contributed by atoms with Crippen LogP contribution in [-0.4, -0.2) is 4.98 Å². The second-order valence-corrected chi connectivity index (χ2v) is 4.43. The van der Waals surface area contributed by atoms with E-state index in [0.29, 0.717) is 11.1 Å². The third-order valence-electron chi connectivity index (χ3n) is 2.95. The van der Waals surface area contributed by atoms with Crippen molar-refractivity contribution >= 4 is 0 Å². The fourth-order valence-corrected chi connectivity index (χ4v) is 2.01. The molecule has 0 unspecified atom stereocenters. The van der Waals surface area contributed by atoms with Crippen LogP contribution in [0.1, 0.15) is 5.76 Å². The van der Waals surface area contributed by atoms with E-state index in [4.69, 9.17) is 4.42 Å². The maximum absolute atomic E-state index is 13.1. The predicted molar refractivity (Wildman–Crippen MR) is 72.4 cm³/mol. The number of alkyl halides is 3. The molecule has 0 saturated carbocycles. The van der Waals surface area contributed by atoms with Gasteiger partial charge in [-0.1, -0.05) is 48.5 Å². The summed E-state index contributed by atoms with van der Waals surface area (Å²) in [6, 6.07) is 16.7. The van der Waals surface area contributed by atoms with Crippen molar-refractivity contribution in [3.8, 4) is 22.7 Å². The first-order valence-corrected chi connectivity index (χ1v) is 6.24. The van der Waals surface area contributed by atoms with Crippen molar-refractivity contribution in [3.05, 3.63) is 66.4 Å². The number of oxazole rings is 1. The Morgan fingerprint density at radius 2 is 1.29 bits per heavy atom. The van der Waals surface area contributed by atoms with Gasteiger partial charge in [0.15, 0.2) is 0 Å². The van der Waals surface area contributed by atoms with Crippen LogP contribution in [0.3, 0.4) is 0 Å². The maximum atomic E-state index is 13.1. The quantitative estimate of drug-likeness (QED) is 0.661. The molecule has 0 N–H and O–H groups in total. The van der Waals surface area contributed by atoms with Crippen LogP contribution in [0.25, 0.3) is 22.7 Å². The van der Waals surface area contributed by atoms with E-state index in [0.717, 1.165) is 0 Å². The zero-order valence-corrected chi connectivity index (χ0v) is 10.8. The average Bonchev–Trinajstić information content (AvgIpc) is 2.94. The lowest BCUT2D eigenvalue weighted by atomic mass is 10.1. The lowest BCUT2D eigenvalue weighted by Crippen LogP contribution is -2.05. The van der Waals surface area contributed by atoms with Crippen LogP contribution in [-0.2, 0) is 6.18 Å². The van der Waals surface area contributed by atoms with E-state index in [1.165, 1.54) is 0 Å². The number of hydrogen-bond donors (Lipinski definition) is 0. The van der Waals surface area contributed by atoms with Crippen molar-refractivity contribution < 1.29 is 17.6 Å². The molecular weight excluding hydrogens is 279 g/mol. The van der Waals surface area contributed by atoms with E-state index in [1.54, 1.807) is 60.7 Å². The smallest absolute Gasteiger partial charge is 0.431 e. The molecule has 0 bridgehead atoms. The monoisotopic (exact) mass is 289 g/mol. The minimum Gasteiger partial charge on any atom is -0.431 e. The first-order valence-electron chi connectivity index (χ1n) is 6.24. The van der Waals surface area contributed by atoms with Gasteiger partial charge >= 0.3 is 6.18 Å². The second-order valence-electron chi connectivity index (χ2n) is 4.43. The highest BCUT2D eigenvalue weighted by molar-refractivity contribution is 5.66. The van der Waals surface area contributed by atoms with Crippen molar-refractivity contribution in [1.82, 2.24) is 4.98 Å². The van der Waals surface area contributed by atoms with E-state index in [2.05, 4.69) is 4.98 Å². The van der Waals surface area contributed by atoms with Crippen molar-refractivity contribution in [3.63, 3.8) is 0 Å². The molecule has 0 aliphatic carbocycles. The zero-order valence-electron chi connectivity index (χ0n) is 10.8. The van der Waals surface area contributed by atoms with Crippen molar-refractivity contribution in [2.24, 2.45) is 0 Å². The number of halogens is 3. The molecule has 1 heterocycles. The summed E-state index contributed by atoms with van der Waals surface area (Å²) in [4.78, 5) is 4.03. The summed E-state index contributed by atoms with van der Waals surface area (Å²) >= 11 is 0. The largest absolute Gasteiger partial charge is 0.451 e. The number of nitrogens with zero attached hydrogens (tertiary/aromatic N) is 1. The SMILES string of the molecule is FC(F)(F)c1oc(-c2ccccc2)nc1-c1ccccc1. The van der Waals surface area contributed by atoms with Crippen LogP contribution < -0.4 is 0 Å². The first-order chi connectivity index (χ1) is 10.1. The molecular formula is C16H10F3NO. The Labute approximate surface area is 118 Å². The lowest BCUT2D eigenvalue weighted by molar-refractivity contribution is -0.152. The fraction of sp³-hybridized carbons (Fsp3) is 0.0625. The third-order valence-corrected chi connectivity index (χ3v) is 2.95. The molecule has 2 nitrogen and oxygen atoms in total. The van der Waals surface area contributed by atoms with Crippen LogP contribution in [0.15, 0.2) is 65.1 Å². The standard InChI is InChI=1S/C16H10F3NO/c17-16(18,19)14-13(11-7-3-1-4-8-11)20-15(21-14)12-9-5-2-6-10-12/h1-10H. The van der Waals surface area contributed by atoms with Gasteiger partial charge in [0.05, 0.1) is 0 Å². The second kappa shape index (κ2) is 5.09. The highest BCUT2D eigenvalue weighted by atomic mass is 19.4. The van der Waals surface area contributed by atoms with Gasteiger partial charge in [0.25, 0.3) is 0 Å². The summed E-state index contributed by atoms with van der Waals surface area (Å²) in [5.41, 5.74) is 0.683. The van der Waals surface area contributed by atoms with E-state index >= 15 is 0 Å². The van der Waals surface area contributed by atoms with E-state index in [1.807, 2.05) is 0 Å². The topological polar surface area (TPSA) is 26.0 Å². The minimum absolute atomic E-state index is 0.0400. The highest BCUT2D eigenvalue weighted by Gasteiger charge is 2.40. The molecule has 0 fully saturated rings. The van der Waals surface area contributed by atoms with Gasteiger partial charge in [0, 0.05) is 11.1 Å². The van der Waals surface area contributed by atoms with Gasteiger partial charge in [-0.25, -0.2) is 4.98 Å². The molecule has 21 heavy (non-hydrogen) atoms. The van der Waals surface area contributed by atoms with E-state index < -0.39 is 11.9 Å². The van der Waals surface area contributed by atoms with Crippen LogP contribution in [0.5, 0.6) is 0 Å². The summed E-state index contributed by atoms with van der Waals surface area (Å²) in [5.74, 6) is -1.12. The summed E-state index contributed by atoms with van der Waals surface area (Å²) in [6.45, 7) is 0. The number of rotatable bonds is 2. The third kappa shape index (κ3) is 2.67. The average molecular weight is 289 g/mol. The van der Waals surface area contributed by atoms with E-state index in [-0.39, 0.29) is 11.6 Å². The van der Waals surface area contributed by atoms with Crippen LogP contribution in [0, 0.1) is 0 Å². The molecule has 0 aliphatic heterocycles. The molecule has 0 saturated heterocycles. The Kier molecular flexibility index (Phi) is 3.25. The number of aromatic nitrogens is 1. The Balaban J connectivity index is 2.17. The molecule has 106 valence electrons. The van der Waals surface area contributed by atoms with Gasteiger partial charge in [-0.3, -0.25) is 0 Å². The highest BCUT2D eigenvalue weighted by Crippen LogP contribution is 2.39. The summed E-state index contributed by atoms with van der Waals surface area (Å²) in [5, 5.41) is 0. The Morgan fingerprint density at radius 3 is 1.81 bits per heavy atom.